The summed E-state index contributed by atoms with van der Waals surface area (Å²) in [5.74, 6) is -0.244. The Morgan fingerprint density at radius 3 is 2.88 bits per heavy atom. The Kier molecular flexibility index (Phi) is 4.22. The minimum atomic E-state index is -0.244. The van der Waals surface area contributed by atoms with Gasteiger partial charge in [0.1, 0.15) is 0 Å². The van der Waals surface area contributed by atoms with E-state index in [1.54, 1.807) is 11.3 Å². The second kappa shape index (κ2) is 5.50. The number of benzene rings is 1. The number of carbonyl (C=O) groups is 1. The number of hydrogen-bond acceptors (Lipinski definition) is 3. The maximum atomic E-state index is 12.0. The van der Waals surface area contributed by atoms with Crippen molar-refractivity contribution in [3.63, 3.8) is 0 Å². The molecule has 0 N–H and O–H groups in total. The highest BCUT2D eigenvalue weighted by atomic mass is 79.9. The van der Waals surface area contributed by atoms with Gasteiger partial charge in [-0.05, 0) is 25.1 Å². The fourth-order valence-electron chi connectivity index (χ4n) is 1.64. The van der Waals surface area contributed by atoms with Gasteiger partial charge in [-0.1, -0.05) is 31.9 Å². The van der Waals surface area contributed by atoms with Crippen molar-refractivity contribution in [3.05, 3.63) is 33.1 Å². The summed E-state index contributed by atoms with van der Waals surface area (Å²) in [4.78, 5) is 13.0. The summed E-state index contributed by atoms with van der Waals surface area (Å²) >= 11 is 8.46. The van der Waals surface area contributed by atoms with Gasteiger partial charge in [0.15, 0.2) is 0 Å². The van der Waals surface area contributed by atoms with Gasteiger partial charge in [0, 0.05) is 24.8 Å². The Morgan fingerprint density at radius 1 is 1.47 bits per heavy atom. The molecule has 0 amide bonds. The molecule has 5 heteroatoms. The van der Waals surface area contributed by atoms with Gasteiger partial charge >= 0.3 is 5.97 Å². The molecule has 0 saturated heterocycles. The zero-order valence-electron chi connectivity index (χ0n) is 9.13. The summed E-state index contributed by atoms with van der Waals surface area (Å²) in [7, 11) is 0. The number of thiophene rings is 1. The molecular formula is C12H10Br2O2S. The molecule has 0 aliphatic heterocycles. The van der Waals surface area contributed by atoms with Crippen LogP contribution in [0.4, 0.5) is 0 Å². The van der Waals surface area contributed by atoms with Crippen LogP contribution in [-0.4, -0.2) is 12.6 Å². The second-order valence-corrected chi connectivity index (χ2v) is 6.01. The molecule has 0 radical (unpaired) electrons. The van der Waals surface area contributed by atoms with Crippen LogP contribution in [0, 0.1) is 0 Å². The molecule has 2 aromatic rings. The maximum Gasteiger partial charge on any atom is 0.339 e. The minimum Gasteiger partial charge on any atom is -0.462 e. The first-order chi connectivity index (χ1) is 8.17. The lowest BCUT2D eigenvalue weighted by Gasteiger charge is -2.02. The summed E-state index contributed by atoms with van der Waals surface area (Å²) in [5.41, 5.74) is 0.685. The van der Waals surface area contributed by atoms with Gasteiger partial charge in [-0.15, -0.1) is 11.3 Å². The van der Waals surface area contributed by atoms with E-state index in [-0.39, 0.29) is 5.97 Å². The largest absolute Gasteiger partial charge is 0.462 e. The molecule has 90 valence electrons. The highest BCUT2D eigenvalue weighted by Crippen LogP contribution is 2.35. The number of hydrogen-bond donors (Lipinski definition) is 0. The van der Waals surface area contributed by atoms with E-state index in [0.29, 0.717) is 17.5 Å². The molecule has 0 bridgehead atoms. The minimum absolute atomic E-state index is 0.244. The first-order valence-electron chi connectivity index (χ1n) is 5.11. The Hall–Kier alpha value is -0.390. The SMILES string of the molecule is CCOC(=O)c1c(CBr)sc2ccc(Br)cc12. The van der Waals surface area contributed by atoms with Gasteiger partial charge in [-0.25, -0.2) is 4.79 Å². The molecular weight excluding hydrogens is 368 g/mol. The summed E-state index contributed by atoms with van der Waals surface area (Å²) in [6, 6.07) is 5.95. The van der Waals surface area contributed by atoms with Gasteiger partial charge < -0.3 is 4.74 Å². The van der Waals surface area contributed by atoms with E-state index in [9.17, 15) is 4.79 Å². The average Bonchev–Trinajstić information content (AvgIpc) is 2.66. The summed E-state index contributed by atoms with van der Waals surface area (Å²) in [6.07, 6.45) is 0. The van der Waals surface area contributed by atoms with Crippen molar-refractivity contribution < 1.29 is 9.53 Å². The Balaban J connectivity index is 2.64. The van der Waals surface area contributed by atoms with E-state index < -0.39 is 0 Å². The van der Waals surface area contributed by atoms with Crippen molar-refractivity contribution in [1.82, 2.24) is 0 Å². The van der Waals surface area contributed by atoms with E-state index in [1.165, 1.54) is 0 Å². The fraction of sp³-hybridized carbons (Fsp3) is 0.250. The summed E-state index contributed by atoms with van der Waals surface area (Å²) < 4.78 is 7.18. The van der Waals surface area contributed by atoms with Crippen molar-refractivity contribution in [3.8, 4) is 0 Å². The normalized spacial score (nSPS) is 10.8. The van der Waals surface area contributed by atoms with Gasteiger partial charge in [0.05, 0.1) is 12.2 Å². The van der Waals surface area contributed by atoms with Crippen molar-refractivity contribution in [2.75, 3.05) is 6.61 Å². The first-order valence-corrected chi connectivity index (χ1v) is 7.84. The van der Waals surface area contributed by atoms with E-state index in [1.807, 2.05) is 25.1 Å². The number of esters is 1. The monoisotopic (exact) mass is 376 g/mol. The van der Waals surface area contributed by atoms with E-state index in [4.69, 9.17) is 4.74 Å². The Morgan fingerprint density at radius 2 is 2.24 bits per heavy atom. The van der Waals surface area contributed by atoms with Crippen LogP contribution >= 0.6 is 43.2 Å². The Bertz CT molecular complexity index is 563. The lowest BCUT2D eigenvalue weighted by atomic mass is 10.1. The molecule has 0 unspecified atom stereocenters. The maximum absolute atomic E-state index is 12.0. The van der Waals surface area contributed by atoms with Crippen LogP contribution in [0.3, 0.4) is 0 Å². The number of carbonyl (C=O) groups excluding carboxylic acids is 1. The molecule has 0 spiro atoms. The first kappa shape index (κ1) is 13.1. The van der Waals surface area contributed by atoms with Gasteiger partial charge in [0.25, 0.3) is 0 Å². The van der Waals surface area contributed by atoms with Gasteiger partial charge in [-0.3, -0.25) is 0 Å². The van der Waals surface area contributed by atoms with Crippen molar-refractivity contribution in [1.29, 1.82) is 0 Å². The van der Waals surface area contributed by atoms with Crippen molar-refractivity contribution >= 4 is 59.3 Å². The number of ether oxygens (including phenoxy) is 1. The topological polar surface area (TPSA) is 26.3 Å². The lowest BCUT2D eigenvalue weighted by Crippen LogP contribution is -2.05. The van der Waals surface area contributed by atoms with Crippen LogP contribution in [0.5, 0.6) is 0 Å². The lowest BCUT2D eigenvalue weighted by molar-refractivity contribution is 0.0528. The molecule has 0 aliphatic rings. The molecule has 1 heterocycles. The van der Waals surface area contributed by atoms with E-state index in [0.717, 1.165) is 19.4 Å². The molecule has 1 aromatic carbocycles. The molecule has 1 aromatic heterocycles. The second-order valence-electron chi connectivity index (χ2n) is 3.39. The average molecular weight is 378 g/mol. The molecule has 0 saturated carbocycles. The Labute approximate surface area is 120 Å². The zero-order valence-corrected chi connectivity index (χ0v) is 13.1. The predicted molar refractivity (Wildman–Crippen MR) is 78.1 cm³/mol. The smallest absolute Gasteiger partial charge is 0.339 e. The number of rotatable bonds is 3. The van der Waals surface area contributed by atoms with E-state index >= 15 is 0 Å². The molecule has 17 heavy (non-hydrogen) atoms. The van der Waals surface area contributed by atoms with Crippen LogP contribution in [0.2, 0.25) is 0 Å². The predicted octanol–water partition coefficient (Wildman–Crippen LogP) is 4.74. The van der Waals surface area contributed by atoms with Crippen molar-refractivity contribution in [2.24, 2.45) is 0 Å². The summed E-state index contributed by atoms with van der Waals surface area (Å²) in [5, 5.41) is 1.62. The molecule has 0 aliphatic carbocycles. The number of fused-ring (bicyclic) bond motifs is 1. The third-order valence-electron chi connectivity index (χ3n) is 2.32. The van der Waals surface area contributed by atoms with Crippen LogP contribution in [0.1, 0.15) is 22.2 Å². The summed E-state index contributed by atoms with van der Waals surface area (Å²) in [6.45, 7) is 2.21. The third kappa shape index (κ3) is 2.56. The zero-order chi connectivity index (χ0) is 12.4. The van der Waals surface area contributed by atoms with Crippen molar-refractivity contribution in [2.45, 2.75) is 12.3 Å². The molecule has 0 fully saturated rings. The van der Waals surface area contributed by atoms with Crippen LogP contribution in [0.15, 0.2) is 22.7 Å². The van der Waals surface area contributed by atoms with Gasteiger partial charge in [0.2, 0.25) is 0 Å². The van der Waals surface area contributed by atoms with Gasteiger partial charge in [-0.2, -0.15) is 0 Å². The standard InChI is InChI=1S/C12H10Br2O2S/c1-2-16-12(15)11-8-5-7(14)3-4-9(8)17-10(11)6-13/h3-5H,2,6H2,1H3. The fourth-order valence-corrected chi connectivity index (χ4v) is 3.65. The van der Waals surface area contributed by atoms with Crippen LogP contribution in [0.25, 0.3) is 10.1 Å². The molecule has 2 nitrogen and oxygen atoms in total. The quantitative estimate of drug-likeness (QED) is 0.570. The molecule has 2 rings (SSSR count). The molecule has 0 atom stereocenters. The van der Waals surface area contributed by atoms with E-state index in [2.05, 4.69) is 31.9 Å². The highest BCUT2D eigenvalue weighted by molar-refractivity contribution is 9.10. The third-order valence-corrected chi connectivity index (χ3v) is 4.92. The number of halogens is 2. The van der Waals surface area contributed by atoms with Crippen LogP contribution < -0.4 is 0 Å². The number of alkyl halides is 1. The highest BCUT2D eigenvalue weighted by Gasteiger charge is 2.19. The van der Waals surface area contributed by atoms with Crippen LogP contribution in [-0.2, 0) is 10.1 Å².